The van der Waals surface area contributed by atoms with Gasteiger partial charge in [-0.3, -0.25) is 4.79 Å². The molecular formula is C16H15ClN4O2. The average molecular weight is 331 g/mol. The van der Waals surface area contributed by atoms with Crippen LogP contribution in [0.2, 0.25) is 5.02 Å². The van der Waals surface area contributed by atoms with Gasteiger partial charge in [-0.1, -0.05) is 17.7 Å². The molecule has 0 fully saturated rings. The summed E-state index contributed by atoms with van der Waals surface area (Å²) >= 11 is 5.97. The van der Waals surface area contributed by atoms with Gasteiger partial charge in [0.05, 0.1) is 17.0 Å². The molecule has 2 heterocycles. The van der Waals surface area contributed by atoms with Crippen LogP contribution in [0.5, 0.6) is 5.75 Å². The van der Waals surface area contributed by atoms with Gasteiger partial charge in [-0.15, -0.1) is 0 Å². The Morgan fingerprint density at radius 2 is 2.26 bits per heavy atom. The monoisotopic (exact) mass is 330 g/mol. The van der Waals surface area contributed by atoms with Crippen molar-refractivity contribution < 1.29 is 9.90 Å². The number of aryl methyl sites for hydroxylation is 1. The summed E-state index contributed by atoms with van der Waals surface area (Å²) in [6, 6.07) is 5.06. The van der Waals surface area contributed by atoms with Crippen LogP contribution in [-0.4, -0.2) is 32.5 Å². The molecule has 2 aromatic heterocycles. The number of nitrogens with zero attached hydrogens (tertiary/aromatic N) is 2. The summed E-state index contributed by atoms with van der Waals surface area (Å²) in [4.78, 5) is 23.4. The van der Waals surface area contributed by atoms with E-state index in [0.717, 1.165) is 16.6 Å². The van der Waals surface area contributed by atoms with Crippen molar-refractivity contribution in [2.75, 3.05) is 6.54 Å². The van der Waals surface area contributed by atoms with Crippen molar-refractivity contribution in [2.45, 2.75) is 13.3 Å². The lowest BCUT2D eigenvalue weighted by atomic mass is 10.1. The summed E-state index contributed by atoms with van der Waals surface area (Å²) in [7, 11) is 0. The SMILES string of the molecule is Cc1cc(Cl)c(O)c2nc(C(=O)NCCc3c[nH]cn3)ccc12. The molecule has 1 amide bonds. The summed E-state index contributed by atoms with van der Waals surface area (Å²) in [5.74, 6) is -0.419. The molecule has 0 saturated heterocycles. The first kappa shape index (κ1) is 15.3. The number of benzene rings is 1. The van der Waals surface area contributed by atoms with Gasteiger partial charge in [-0.05, 0) is 24.6 Å². The van der Waals surface area contributed by atoms with Crippen molar-refractivity contribution in [3.8, 4) is 5.75 Å². The number of halogens is 1. The first-order valence-electron chi connectivity index (χ1n) is 7.11. The van der Waals surface area contributed by atoms with Gasteiger partial charge in [0.15, 0.2) is 5.75 Å². The molecule has 0 spiro atoms. The van der Waals surface area contributed by atoms with E-state index in [1.165, 1.54) is 0 Å². The third-order valence-corrected chi connectivity index (χ3v) is 3.86. The summed E-state index contributed by atoms with van der Waals surface area (Å²) in [6.07, 6.45) is 4.00. The second-order valence-electron chi connectivity index (χ2n) is 5.18. The predicted octanol–water partition coefficient (Wildman–Crippen LogP) is 2.60. The smallest absolute Gasteiger partial charge is 0.269 e. The molecule has 0 atom stereocenters. The number of phenolic OH excluding ortho intramolecular Hbond substituents is 1. The zero-order valence-electron chi connectivity index (χ0n) is 12.4. The van der Waals surface area contributed by atoms with Gasteiger partial charge in [-0.25, -0.2) is 9.97 Å². The molecule has 0 bridgehead atoms. The van der Waals surface area contributed by atoms with Gasteiger partial charge < -0.3 is 15.4 Å². The number of rotatable bonds is 4. The minimum atomic E-state index is -0.306. The Morgan fingerprint density at radius 3 is 3.00 bits per heavy atom. The Morgan fingerprint density at radius 1 is 1.43 bits per heavy atom. The molecule has 6 nitrogen and oxygen atoms in total. The van der Waals surface area contributed by atoms with Crippen LogP contribution < -0.4 is 5.32 Å². The van der Waals surface area contributed by atoms with Crippen molar-refractivity contribution in [1.82, 2.24) is 20.3 Å². The number of carbonyl (C=O) groups excluding carboxylic acids is 1. The number of H-pyrrole nitrogens is 1. The van der Waals surface area contributed by atoms with Crippen molar-refractivity contribution in [3.05, 3.63) is 52.7 Å². The Hall–Kier alpha value is -2.60. The van der Waals surface area contributed by atoms with Crippen LogP contribution in [0.15, 0.2) is 30.7 Å². The Balaban J connectivity index is 1.79. The number of aromatic hydroxyl groups is 1. The lowest BCUT2D eigenvalue weighted by Gasteiger charge is -2.08. The number of carbonyl (C=O) groups is 1. The van der Waals surface area contributed by atoms with Gasteiger partial charge in [0.25, 0.3) is 5.91 Å². The molecule has 0 aliphatic rings. The molecular weight excluding hydrogens is 316 g/mol. The highest BCUT2D eigenvalue weighted by Gasteiger charge is 2.13. The van der Waals surface area contributed by atoms with Gasteiger partial charge in [0, 0.05) is 24.5 Å². The van der Waals surface area contributed by atoms with E-state index in [4.69, 9.17) is 11.6 Å². The third kappa shape index (κ3) is 3.12. The molecule has 0 radical (unpaired) electrons. The van der Waals surface area contributed by atoms with Crippen LogP contribution in [0, 0.1) is 6.92 Å². The molecule has 0 aliphatic carbocycles. The predicted molar refractivity (Wildman–Crippen MR) is 87.8 cm³/mol. The van der Waals surface area contributed by atoms with E-state index < -0.39 is 0 Å². The third-order valence-electron chi connectivity index (χ3n) is 3.57. The molecule has 0 saturated carbocycles. The Kier molecular flexibility index (Phi) is 4.16. The van der Waals surface area contributed by atoms with Crippen LogP contribution in [0.1, 0.15) is 21.7 Å². The minimum absolute atomic E-state index is 0.113. The number of amides is 1. The fraction of sp³-hybridized carbons (Fsp3) is 0.188. The molecule has 1 aromatic carbocycles. The van der Waals surface area contributed by atoms with Gasteiger partial charge in [-0.2, -0.15) is 0 Å². The van der Waals surface area contributed by atoms with E-state index in [9.17, 15) is 9.90 Å². The van der Waals surface area contributed by atoms with Crippen molar-refractivity contribution in [3.63, 3.8) is 0 Å². The highest BCUT2D eigenvalue weighted by molar-refractivity contribution is 6.33. The number of aromatic nitrogens is 3. The maximum Gasteiger partial charge on any atom is 0.269 e. The quantitative estimate of drug-likeness (QED) is 0.685. The second kappa shape index (κ2) is 6.26. The lowest BCUT2D eigenvalue weighted by Crippen LogP contribution is -2.26. The van der Waals surface area contributed by atoms with Crippen LogP contribution in [0.25, 0.3) is 10.9 Å². The number of hydrogen-bond donors (Lipinski definition) is 3. The molecule has 7 heteroatoms. The fourth-order valence-corrected chi connectivity index (χ4v) is 2.61. The number of imidazole rings is 1. The number of phenols is 1. The highest BCUT2D eigenvalue weighted by atomic mass is 35.5. The molecule has 3 N–H and O–H groups in total. The van der Waals surface area contributed by atoms with Crippen molar-refractivity contribution >= 4 is 28.4 Å². The van der Waals surface area contributed by atoms with E-state index in [-0.39, 0.29) is 22.4 Å². The molecule has 23 heavy (non-hydrogen) atoms. The van der Waals surface area contributed by atoms with E-state index in [2.05, 4.69) is 20.3 Å². The summed E-state index contributed by atoms with van der Waals surface area (Å²) in [5.41, 5.74) is 2.32. The van der Waals surface area contributed by atoms with Gasteiger partial charge >= 0.3 is 0 Å². The largest absolute Gasteiger partial charge is 0.504 e. The topological polar surface area (TPSA) is 90.9 Å². The van der Waals surface area contributed by atoms with E-state index in [1.807, 2.05) is 6.92 Å². The number of hydrogen-bond acceptors (Lipinski definition) is 4. The average Bonchev–Trinajstić information content (AvgIpc) is 3.05. The standard InChI is InChI=1S/C16H15ClN4O2/c1-9-6-12(17)15(22)14-11(9)2-3-13(21-14)16(23)19-5-4-10-7-18-8-20-10/h2-3,6-8,22H,4-5H2,1H3,(H,18,20)(H,19,23). The lowest BCUT2D eigenvalue weighted by molar-refractivity contribution is 0.0949. The zero-order chi connectivity index (χ0) is 16.4. The van der Waals surface area contributed by atoms with E-state index in [1.54, 1.807) is 30.7 Å². The van der Waals surface area contributed by atoms with Crippen LogP contribution in [0.3, 0.4) is 0 Å². The summed E-state index contributed by atoms with van der Waals surface area (Å²) < 4.78 is 0. The normalized spacial score (nSPS) is 10.9. The molecule has 0 aliphatic heterocycles. The van der Waals surface area contributed by atoms with Crippen molar-refractivity contribution in [2.24, 2.45) is 0 Å². The van der Waals surface area contributed by atoms with Crippen molar-refractivity contribution in [1.29, 1.82) is 0 Å². The van der Waals surface area contributed by atoms with E-state index >= 15 is 0 Å². The number of pyridine rings is 1. The number of nitrogens with one attached hydrogen (secondary N) is 2. The Labute approximate surface area is 137 Å². The second-order valence-corrected chi connectivity index (χ2v) is 5.59. The minimum Gasteiger partial charge on any atom is -0.504 e. The van der Waals surface area contributed by atoms with Crippen LogP contribution in [-0.2, 0) is 6.42 Å². The summed E-state index contributed by atoms with van der Waals surface area (Å²) in [6.45, 7) is 2.32. The van der Waals surface area contributed by atoms with Gasteiger partial charge in [0.2, 0.25) is 0 Å². The fourth-order valence-electron chi connectivity index (χ4n) is 2.36. The first-order chi connectivity index (χ1) is 11.1. The number of aromatic amines is 1. The summed E-state index contributed by atoms with van der Waals surface area (Å²) in [5, 5.41) is 13.8. The van der Waals surface area contributed by atoms with Crippen LogP contribution in [0.4, 0.5) is 0 Å². The molecule has 3 aromatic rings. The zero-order valence-corrected chi connectivity index (χ0v) is 13.2. The highest BCUT2D eigenvalue weighted by Crippen LogP contribution is 2.33. The Bertz CT molecular complexity index is 862. The van der Waals surface area contributed by atoms with Crippen LogP contribution >= 0.6 is 11.6 Å². The molecule has 0 unspecified atom stereocenters. The maximum absolute atomic E-state index is 12.2. The maximum atomic E-state index is 12.2. The number of fused-ring (bicyclic) bond motifs is 1. The van der Waals surface area contributed by atoms with Gasteiger partial charge in [0.1, 0.15) is 11.2 Å². The molecule has 3 rings (SSSR count). The first-order valence-corrected chi connectivity index (χ1v) is 7.48. The molecule has 118 valence electrons. The van der Waals surface area contributed by atoms with E-state index in [0.29, 0.717) is 18.5 Å².